The van der Waals surface area contributed by atoms with Crippen molar-refractivity contribution in [3.63, 3.8) is 0 Å². The van der Waals surface area contributed by atoms with E-state index in [2.05, 4.69) is 9.72 Å². The Bertz CT molecular complexity index is 423. The second-order valence-corrected chi connectivity index (χ2v) is 2.36. The van der Waals surface area contributed by atoms with Crippen molar-refractivity contribution in [2.45, 2.75) is 6.36 Å². The average Bonchev–Trinajstić information content (AvgIpc) is 2.11. The fourth-order valence-corrected chi connectivity index (χ4v) is 0.781. The Balaban J connectivity index is 3.23. The number of hydrogen-bond donors (Lipinski definition) is 1. The van der Waals surface area contributed by atoms with Crippen molar-refractivity contribution in [1.29, 1.82) is 5.26 Å². The standard InChI is InChI=1S/C7H3F4N3O/c8-5-4(1-12)14-2-3(13)6(5)15-7(9,10)11/h2H,13H2. The number of nitrogen functional groups attached to an aromatic ring is 1. The summed E-state index contributed by atoms with van der Waals surface area (Å²) in [4.78, 5) is 3.18. The highest BCUT2D eigenvalue weighted by Gasteiger charge is 2.34. The van der Waals surface area contributed by atoms with Crippen molar-refractivity contribution in [3.8, 4) is 11.8 Å². The topological polar surface area (TPSA) is 71.9 Å². The monoisotopic (exact) mass is 221 g/mol. The molecule has 0 spiro atoms. The molecule has 80 valence electrons. The summed E-state index contributed by atoms with van der Waals surface area (Å²) in [5.41, 5.74) is 3.56. The average molecular weight is 221 g/mol. The van der Waals surface area contributed by atoms with E-state index in [0.29, 0.717) is 6.20 Å². The number of nitriles is 1. The van der Waals surface area contributed by atoms with Gasteiger partial charge in [-0.25, -0.2) is 4.98 Å². The van der Waals surface area contributed by atoms with Crippen molar-refractivity contribution in [3.05, 3.63) is 17.7 Å². The summed E-state index contributed by atoms with van der Waals surface area (Å²) in [6.07, 6.45) is -4.37. The van der Waals surface area contributed by atoms with Crippen molar-refractivity contribution >= 4 is 5.69 Å². The first-order chi connectivity index (χ1) is 6.85. The number of hydrogen-bond acceptors (Lipinski definition) is 4. The van der Waals surface area contributed by atoms with Crippen LogP contribution in [-0.4, -0.2) is 11.3 Å². The van der Waals surface area contributed by atoms with Crippen LogP contribution in [0, 0.1) is 17.1 Å². The highest BCUT2D eigenvalue weighted by atomic mass is 19.4. The molecule has 0 amide bonds. The molecule has 0 unspecified atom stereocenters. The highest BCUT2D eigenvalue weighted by molar-refractivity contribution is 5.53. The van der Waals surface area contributed by atoms with Gasteiger partial charge in [0.1, 0.15) is 6.07 Å². The molecule has 1 rings (SSSR count). The fraction of sp³-hybridized carbons (Fsp3) is 0.143. The van der Waals surface area contributed by atoms with E-state index in [9.17, 15) is 17.6 Å². The summed E-state index contributed by atoms with van der Waals surface area (Å²) in [7, 11) is 0. The van der Waals surface area contributed by atoms with E-state index in [1.165, 1.54) is 6.07 Å². The number of ether oxygens (including phenoxy) is 1. The SMILES string of the molecule is N#Cc1ncc(N)c(OC(F)(F)F)c1F. The fourth-order valence-electron chi connectivity index (χ4n) is 0.781. The van der Waals surface area contributed by atoms with E-state index in [-0.39, 0.29) is 0 Å². The van der Waals surface area contributed by atoms with Gasteiger partial charge < -0.3 is 10.5 Å². The molecule has 1 aromatic rings. The zero-order valence-electron chi connectivity index (χ0n) is 6.97. The molecule has 4 nitrogen and oxygen atoms in total. The predicted octanol–water partition coefficient (Wildman–Crippen LogP) is 1.57. The first-order valence-corrected chi connectivity index (χ1v) is 3.45. The number of anilines is 1. The quantitative estimate of drug-likeness (QED) is 0.730. The van der Waals surface area contributed by atoms with Crippen LogP contribution in [0.3, 0.4) is 0 Å². The molecule has 8 heteroatoms. The van der Waals surface area contributed by atoms with E-state index in [1.807, 2.05) is 0 Å². The van der Waals surface area contributed by atoms with E-state index in [1.54, 1.807) is 0 Å². The molecule has 2 N–H and O–H groups in total. The molecule has 1 aromatic heterocycles. The van der Waals surface area contributed by atoms with Crippen LogP contribution in [0.1, 0.15) is 5.69 Å². The van der Waals surface area contributed by atoms with Gasteiger partial charge in [-0.1, -0.05) is 0 Å². The largest absolute Gasteiger partial charge is 0.573 e. The first kappa shape index (κ1) is 11.0. The summed E-state index contributed by atoms with van der Waals surface area (Å²) < 4.78 is 51.8. The van der Waals surface area contributed by atoms with Gasteiger partial charge in [-0.15, -0.1) is 13.2 Å². The minimum Gasteiger partial charge on any atom is -0.400 e. The molecule has 0 bridgehead atoms. The second kappa shape index (κ2) is 3.61. The zero-order chi connectivity index (χ0) is 11.6. The van der Waals surface area contributed by atoms with Gasteiger partial charge in [0.25, 0.3) is 0 Å². The first-order valence-electron chi connectivity index (χ1n) is 3.45. The van der Waals surface area contributed by atoms with Gasteiger partial charge in [0.15, 0.2) is 11.4 Å². The molecule has 0 aliphatic heterocycles. The second-order valence-electron chi connectivity index (χ2n) is 2.36. The van der Waals surface area contributed by atoms with E-state index in [0.717, 1.165) is 0 Å². The summed E-state index contributed by atoms with van der Waals surface area (Å²) >= 11 is 0. The lowest BCUT2D eigenvalue weighted by Gasteiger charge is -2.11. The van der Waals surface area contributed by atoms with E-state index >= 15 is 0 Å². The number of rotatable bonds is 1. The van der Waals surface area contributed by atoms with Crippen LogP contribution in [-0.2, 0) is 0 Å². The number of aromatic nitrogens is 1. The van der Waals surface area contributed by atoms with Crippen LogP contribution < -0.4 is 10.5 Å². The number of alkyl halides is 3. The van der Waals surface area contributed by atoms with Gasteiger partial charge in [-0.2, -0.15) is 9.65 Å². The van der Waals surface area contributed by atoms with Crippen LogP contribution in [0.4, 0.5) is 23.2 Å². The Hall–Kier alpha value is -2.04. The Labute approximate surface area is 80.9 Å². The maximum Gasteiger partial charge on any atom is 0.573 e. The molecule has 0 saturated carbocycles. The van der Waals surface area contributed by atoms with Crippen LogP contribution in [0.15, 0.2) is 6.20 Å². The molecule has 0 radical (unpaired) electrons. The van der Waals surface area contributed by atoms with Gasteiger partial charge in [0.2, 0.25) is 5.82 Å². The van der Waals surface area contributed by atoms with Crippen LogP contribution >= 0.6 is 0 Å². The molecule has 0 fully saturated rings. The molecule has 0 aromatic carbocycles. The van der Waals surface area contributed by atoms with Gasteiger partial charge in [-0.3, -0.25) is 0 Å². The predicted molar refractivity (Wildman–Crippen MR) is 40.0 cm³/mol. The number of pyridine rings is 1. The summed E-state index contributed by atoms with van der Waals surface area (Å²) in [5, 5.41) is 8.30. The Kier molecular flexibility index (Phi) is 2.65. The molecule has 0 aliphatic carbocycles. The lowest BCUT2D eigenvalue weighted by Crippen LogP contribution is -2.19. The molecule has 0 aliphatic rings. The van der Waals surface area contributed by atoms with Crippen molar-refractivity contribution < 1.29 is 22.3 Å². The van der Waals surface area contributed by atoms with Crippen LogP contribution in [0.5, 0.6) is 5.75 Å². The number of nitrogens with two attached hydrogens (primary N) is 1. The number of halogens is 4. The molecule has 0 saturated heterocycles. The third kappa shape index (κ3) is 2.46. The van der Waals surface area contributed by atoms with E-state index < -0.39 is 29.3 Å². The summed E-state index contributed by atoms with van der Waals surface area (Å²) in [6, 6.07) is 1.26. The third-order valence-corrected chi connectivity index (χ3v) is 1.33. The smallest absolute Gasteiger partial charge is 0.400 e. The Morgan fingerprint density at radius 1 is 1.47 bits per heavy atom. The maximum absolute atomic E-state index is 13.1. The third-order valence-electron chi connectivity index (χ3n) is 1.33. The summed E-state index contributed by atoms with van der Waals surface area (Å²) in [5.74, 6) is -2.77. The lowest BCUT2D eigenvalue weighted by atomic mass is 10.3. The lowest BCUT2D eigenvalue weighted by molar-refractivity contribution is -0.275. The van der Waals surface area contributed by atoms with Gasteiger partial charge >= 0.3 is 6.36 Å². The van der Waals surface area contributed by atoms with Crippen LogP contribution in [0.2, 0.25) is 0 Å². The highest BCUT2D eigenvalue weighted by Crippen LogP contribution is 2.31. The van der Waals surface area contributed by atoms with Crippen molar-refractivity contribution in [2.75, 3.05) is 5.73 Å². The normalized spacial score (nSPS) is 10.9. The van der Waals surface area contributed by atoms with Gasteiger partial charge in [-0.05, 0) is 0 Å². The molecule has 1 heterocycles. The summed E-state index contributed by atoms with van der Waals surface area (Å²) in [6.45, 7) is 0. The minimum atomic E-state index is -5.08. The van der Waals surface area contributed by atoms with E-state index in [4.69, 9.17) is 11.0 Å². The van der Waals surface area contributed by atoms with Crippen molar-refractivity contribution in [2.24, 2.45) is 0 Å². The van der Waals surface area contributed by atoms with Gasteiger partial charge in [0, 0.05) is 0 Å². The van der Waals surface area contributed by atoms with Crippen molar-refractivity contribution in [1.82, 2.24) is 4.98 Å². The molecular formula is C7H3F4N3O. The molecule has 0 atom stereocenters. The molecule has 15 heavy (non-hydrogen) atoms. The van der Waals surface area contributed by atoms with Crippen LogP contribution in [0.25, 0.3) is 0 Å². The van der Waals surface area contributed by atoms with Gasteiger partial charge in [0.05, 0.1) is 11.9 Å². The Morgan fingerprint density at radius 2 is 2.07 bits per heavy atom. The zero-order valence-corrected chi connectivity index (χ0v) is 6.97. The molecular weight excluding hydrogens is 218 g/mol. The Morgan fingerprint density at radius 3 is 2.53 bits per heavy atom. The minimum absolute atomic E-state index is 0.635. The number of nitrogens with zero attached hydrogens (tertiary/aromatic N) is 2. The maximum atomic E-state index is 13.1.